The first-order valence-electron chi connectivity index (χ1n) is 17.8. The van der Waals surface area contributed by atoms with Crippen molar-refractivity contribution in [3.05, 3.63) is 72.6 Å². The first kappa shape index (κ1) is 41.3. The molecule has 0 aliphatic heterocycles. The summed E-state index contributed by atoms with van der Waals surface area (Å²) in [5, 5.41) is 15.8. The molecule has 11 nitrogen and oxygen atoms in total. The highest BCUT2D eigenvalue weighted by atomic mass is 19.1. The number of rotatable bonds is 16. The maximum atomic E-state index is 13.1. The molecule has 4 rings (SSSR count). The predicted molar refractivity (Wildman–Crippen MR) is 201 cm³/mol. The number of nitrogens with one attached hydrogen (secondary N) is 4. The van der Waals surface area contributed by atoms with E-state index in [9.17, 15) is 23.5 Å². The van der Waals surface area contributed by atoms with E-state index in [0.717, 1.165) is 33.6 Å². The fraction of sp³-hybridized carbons (Fsp3) is 0.500. The lowest BCUT2D eigenvalue weighted by Gasteiger charge is -2.34. The molecule has 288 valence electrons. The van der Waals surface area contributed by atoms with Crippen molar-refractivity contribution in [1.29, 1.82) is 0 Å². The smallest absolute Gasteiger partial charge is 0.254 e. The maximum absolute atomic E-state index is 13.1. The summed E-state index contributed by atoms with van der Waals surface area (Å²) in [4.78, 5) is 42.1. The zero-order valence-corrected chi connectivity index (χ0v) is 32.2. The van der Waals surface area contributed by atoms with Crippen molar-refractivity contribution >= 4 is 11.8 Å². The monoisotopic (exact) mass is 736 g/mol. The number of imidazole rings is 2. The summed E-state index contributed by atoms with van der Waals surface area (Å²) >= 11 is 0. The Labute approximate surface area is 310 Å². The van der Waals surface area contributed by atoms with Crippen LogP contribution in [-0.4, -0.2) is 81.2 Å². The number of H-pyrrole nitrogens is 2. The van der Waals surface area contributed by atoms with Gasteiger partial charge in [-0.05, 0) is 53.9 Å². The Hall–Kier alpha value is -4.46. The van der Waals surface area contributed by atoms with Crippen LogP contribution in [0.4, 0.5) is 8.78 Å². The van der Waals surface area contributed by atoms with E-state index in [1.807, 2.05) is 90.1 Å². The minimum Gasteiger partial charge on any atom is -0.393 e. The van der Waals surface area contributed by atoms with Crippen LogP contribution < -0.4 is 10.6 Å². The van der Waals surface area contributed by atoms with Gasteiger partial charge in [-0.15, -0.1) is 0 Å². The standard InChI is InChI=1S/C40H54F2N6O5/c1-37(2,3)31(47-35(50)39(7,8)52-20-18-41)33-43-22-29(45-33)27-14-10-25(11-15-27)26-12-16-28(17-13-26)30-23-44-34(46-30)32(38(4,5)6)48-36(51)40(9,24-49)53-21-19-42/h10-17,22-23,31-32,49H,18-21,24H2,1-9H3,(H,43,45)(H,44,46)(H,47,50)(H,48,51). The number of aromatic nitrogens is 4. The van der Waals surface area contributed by atoms with Gasteiger partial charge in [0.25, 0.3) is 11.8 Å². The molecular formula is C40H54F2N6O5. The van der Waals surface area contributed by atoms with Gasteiger partial charge in [-0.25, -0.2) is 18.7 Å². The molecule has 3 unspecified atom stereocenters. The van der Waals surface area contributed by atoms with Gasteiger partial charge in [0.1, 0.15) is 30.6 Å². The molecule has 0 aliphatic rings. The number of alkyl halides is 2. The Morgan fingerprint density at radius 3 is 1.42 bits per heavy atom. The number of ether oxygens (including phenoxy) is 2. The number of hydrogen-bond acceptors (Lipinski definition) is 7. The highest BCUT2D eigenvalue weighted by Gasteiger charge is 2.39. The summed E-state index contributed by atoms with van der Waals surface area (Å²) < 4.78 is 36.3. The van der Waals surface area contributed by atoms with Gasteiger partial charge in [-0.2, -0.15) is 0 Å². The van der Waals surface area contributed by atoms with Crippen molar-refractivity contribution in [1.82, 2.24) is 30.6 Å². The van der Waals surface area contributed by atoms with Crippen LogP contribution in [0, 0.1) is 10.8 Å². The van der Waals surface area contributed by atoms with Crippen LogP contribution in [0.2, 0.25) is 0 Å². The van der Waals surface area contributed by atoms with Crippen molar-refractivity contribution in [2.45, 2.75) is 85.6 Å². The third-order valence-corrected chi connectivity index (χ3v) is 9.11. The average molecular weight is 737 g/mol. The molecule has 3 atom stereocenters. The van der Waals surface area contributed by atoms with E-state index < -0.39 is 54.6 Å². The molecule has 5 N–H and O–H groups in total. The van der Waals surface area contributed by atoms with Crippen LogP contribution in [0.5, 0.6) is 0 Å². The first-order chi connectivity index (χ1) is 24.8. The number of aliphatic hydroxyl groups excluding tert-OH is 1. The summed E-state index contributed by atoms with van der Waals surface area (Å²) in [7, 11) is 0. The molecule has 13 heteroatoms. The minimum atomic E-state index is -1.60. The van der Waals surface area contributed by atoms with E-state index in [4.69, 9.17) is 9.47 Å². The second-order valence-electron chi connectivity index (χ2n) is 16.0. The molecule has 53 heavy (non-hydrogen) atoms. The number of amides is 2. The van der Waals surface area contributed by atoms with Crippen molar-refractivity contribution < 1.29 is 33.0 Å². The van der Waals surface area contributed by atoms with Crippen molar-refractivity contribution in [2.24, 2.45) is 10.8 Å². The van der Waals surface area contributed by atoms with Crippen LogP contribution in [0.15, 0.2) is 60.9 Å². The summed E-state index contributed by atoms with van der Waals surface area (Å²) in [6.07, 6.45) is 3.46. The second kappa shape index (κ2) is 16.7. The fourth-order valence-corrected chi connectivity index (χ4v) is 5.73. The molecule has 0 saturated heterocycles. The molecule has 2 amide bonds. The van der Waals surface area contributed by atoms with Crippen LogP contribution in [0.3, 0.4) is 0 Å². The molecule has 0 saturated carbocycles. The van der Waals surface area contributed by atoms with Crippen LogP contribution in [-0.2, 0) is 19.1 Å². The number of nitrogens with zero attached hydrogens (tertiary/aromatic N) is 2. The second-order valence-corrected chi connectivity index (χ2v) is 16.0. The summed E-state index contributed by atoms with van der Waals surface area (Å²) in [6.45, 7) is 14.1. The van der Waals surface area contributed by atoms with Crippen LogP contribution >= 0.6 is 0 Å². The van der Waals surface area contributed by atoms with Gasteiger partial charge >= 0.3 is 0 Å². The van der Waals surface area contributed by atoms with E-state index in [2.05, 4.69) is 30.6 Å². The topological polar surface area (TPSA) is 154 Å². The number of hydrogen-bond donors (Lipinski definition) is 5. The van der Waals surface area contributed by atoms with Gasteiger partial charge in [-0.3, -0.25) is 9.59 Å². The Kier molecular flexibility index (Phi) is 13.0. The lowest BCUT2D eigenvalue weighted by atomic mass is 9.85. The van der Waals surface area contributed by atoms with Crippen molar-refractivity contribution in [3.63, 3.8) is 0 Å². The summed E-state index contributed by atoms with van der Waals surface area (Å²) in [5.41, 5.74) is 1.77. The third kappa shape index (κ3) is 10.2. The molecule has 0 aliphatic carbocycles. The number of aromatic amines is 2. The predicted octanol–water partition coefficient (Wildman–Crippen LogP) is 7.04. The number of carbonyl (C=O) groups excluding carboxylic acids is 2. The molecule has 2 aromatic heterocycles. The molecular weight excluding hydrogens is 682 g/mol. The lowest BCUT2D eigenvalue weighted by Crippen LogP contribution is -2.52. The fourth-order valence-electron chi connectivity index (χ4n) is 5.73. The normalized spacial score (nSPS) is 14.7. The molecule has 0 fully saturated rings. The van der Waals surface area contributed by atoms with E-state index in [-0.39, 0.29) is 24.5 Å². The Morgan fingerprint density at radius 1 is 0.660 bits per heavy atom. The zero-order valence-electron chi connectivity index (χ0n) is 32.2. The lowest BCUT2D eigenvalue weighted by molar-refractivity contribution is -0.152. The molecule has 2 aromatic carbocycles. The highest BCUT2D eigenvalue weighted by molar-refractivity contribution is 5.85. The van der Waals surface area contributed by atoms with Crippen LogP contribution in [0.1, 0.15) is 86.0 Å². The molecule has 0 bridgehead atoms. The van der Waals surface area contributed by atoms with E-state index in [1.165, 1.54) is 6.92 Å². The van der Waals surface area contributed by atoms with Crippen molar-refractivity contribution in [3.8, 4) is 33.6 Å². The van der Waals surface area contributed by atoms with E-state index in [1.54, 1.807) is 26.2 Å². The van der Waals surface area contributed by atoms with Crippen LogP contribution in [0.25, 0.3) is 33.6 Å². The Bertz CT molecular complexity index is 1810. The van der Waals surface area contributed by atoms with Gasteiger partial charge in [-0.1, -0.05) is 90.1 Å². The van der Waals surface area contributed by atoms with E-state index in [0.29, 0.717) is 11.6 Å². The van der Waals surface area contributed by atoms with Crippen molar-refractivity contribution in [2.75, 3.05) is 33.2 Å². The van der Waals surface area contributed by atoms with Gasteiger partial charge < -0.3 is 35.2 Å². The summed E-state index contributed by atoms with van der Waals surface area (Å²) in [6, 6.07) is 15.1. The zero-order chi connectivity index (χ0) is 39.2. The van der Waals surface area contributed by atoms with Gasteiger partial charge in [0.2, 0.25) is 0 Å². The number of carbonyl (C=O) groups is 2. The molecule has 4 aromatic rings. The largest absolute Gasteiger partial charge is 0.393 e. The van der Waals surface area contributed by atoms with Gasteiger partial charge in [0.05, 0.1) is 55.7 Å². The molecule has 2 heterocycles. The van der Waals surface area contributed by atoms with Gasteiger partial charge in [0, 0.05) is 0 Å². The average Bonchev–Trinajstić information content (AvgIpc) is 3.81. The summed E-state index contributed by atoms with van der Waals surface area (Å²) in [5.74, 6) is 0.228. The van der Waals surface area contributed by atoms with Gasteiger partial charge in [0.15, 0.2) is 5.60 Å². The number of benzene rings is 2. The highest BCUT2D eigenvalue weighted by Crippen LogP contribution is 2.35. The third-order valence-electron chi connectivity index (χ3n) is 9.11. The Balaban J connectivity index is 1.48. The maximum Gasteiger partial charge on any atom is 0.254 e. The minimum absolute atomic E-state index is 0.161. The Morgan fingerprint density at radius 2 is 1.04 bits per heavy atom. The number of halogens is 2. The number of aliphatic hydroxyl groups is 1. The quantitative estimate of drug-likeness (QED) is 0.0827. The molecule has 0 spiro atoms. The molecule has 0 radical (unpaired) electrons. The first-order valence-corrected chi connectivity index (χ1v) is 17.8. The van der Waals surface area contributed by atoms with E-state index >= 15 is 0 Å². The SMILES string of the molecule is CC(C)(OCCF)C(=O)NC(c1ncc(-c2ccc(-c3ccc(-c4cnc(C(NC(=O)C(C)(CO)OCCF)C(C)(C)C)[nH]4)cc3)cc2)[nH]1)C(C)(C)C.